The van der Waals surface area contributed by atoms with Gasteiger partial charge in [-0.1, -0.05) is 24.3 Å². The van der Waals surface area contributed by atoms with Crippen molar-refractivity contribution in [2.24, 2.45) is 17.6 Å². The molecule has 182 valence electrons. The largest absolute Gasteiger partial charge is 0.491 e. The van der Waals surface area contributed by atoms with Gasteiger partial charge in [0, 0.05) is 23.9 Å². The van der Waals surface area contributed by atoms with Gasteiger partial charge in [-0.15, -0.1) is 0 Å². The van der Waals surface area contributed by atoms with Crippen LogP contribution in [0.5, 0.6) is 5.75 Å². The molecule has 1 aliphatic carbocycles. The summed E-state index contributed by atoms with van der Waals surface area (Å²) in [5, 5.41) is 9.20. The van der Waals surface area contributed by atoms with Gasteiger partial charge in [0.25, 0.3) is 11.8 Å². The normalized spacial score (nSPS) is 22.9. The van der Waals surface area contributed by atoms with Crippen LogP contribution in [0.25, 0.3) is 0 Å². The highest BCUT2D eigenvalue weighted by Crippen LogP contribution is 2.41. The van der Waals surface area contributed by atoms with Gasteiger partial charge < -0.3 is 20.5 Å². The molecule has 5 rings (SSSR count). The first kappa shape index (κ1) is 23.0. The van der Waals surface area contributed by atoms with Crippen LogP contribution < -0.4 is 10.5 Å². The van der Waals surface area contributed by atoms with Crippen LogP contribution in [0.2, 0.25) is 0 Å². The van der Waals surface area contributed by atoms with Crippen LogP contribution in [0, 0.1) is 11.8 Å². The van der Waals surface area contributed by atoms with Crippen molar-refractivity contribution in [1.82, 2.24) is 9.80 Å². The number of imide groups is 1. The summed E-state index contributed by atoms with van der Waals surface area (Å²) in [6, 6.07) is 11.6. The molecule has 3 N–H and O–H groups in total. The van der Waals surface area contributed by atoms with Gasteiger partial charge in [-0.25, -0.2) is 0 Å². The van der Waals surface area contributed by atoms with Crippen molar-refractivity contribution in [3.63, 3.8) is 0 Å². The first-order chi connectivity index (χ1) is 16.9. The zero-order valence-electron chi connectivity index (χ0n) is 19.2. The molecule has 0 spiro atoms. The molecule has 4 amide bonds. The number of carbonyl (C=O) groups excluding carboxylic acids is 4. The van der Waals surface area contributed by atoms with Gasteiger partial charge >= 0.3 is 0 Å². The lowest BCUT2D eigenvalue weighted by atomic mass is 9.72. The molecule has 2 heterocycles. The second kappa shape index (κ2) is 9.14. The van der Waals surface area contributed by atoms with Gasteiger partial charge in [0.1, 0.15) is 12.4 Å². The molecule has 9 nitrogen and oxygen atoms in total. The van der Waals surface area contributed by atoms with Gasteiger partial charge in [-0.05, 0) is 43.0 Å². The van der Waals surface area contributed by atoms with Gasteiger partial charge in [0.05, 0.1) is 30.3 Å². The van der Waals surface area contributed by atoms with Gasteiger partial charge in [0.2, 0.25) is 11.8 Å². The summed E-state index contributed by atoms with van der Waals surface area (Å²) in [4.78, 5) is 54.5. The highest BCUT2D eigenvalue weighted by Gasteiger charge is 2.46. The van der Waals surface area contributed by atoms with E-state index in [1.54, 1.807) is 41.3 Å². The number of amides is 4. The first-order valence-corrected chi connectivity index (χ1v) is 11.8. The molecule has 1 fully saturated rings. The van der Waals surface area contributed by atoms with Crippen LogP contribution in [-0.2, 0) is 16.0 Å². The number of carbonyl (C=O) groups is 4. The molecule has 2 aromatic rings. The average Bonchev–Trinajstić information content (AvgIpc) is 3.06. The monoisotopic (exact) mass is 477 g/mol. The molecule has 0 unspecified atom stereocenters. The molecule has 0 radical (unpaired) electrons. The summed E-state index contributed by atoms with van der Waals surface area (Å²) in [6.07, 6.45) is 1.67. The Morgan fingerprint density at radius 3 is 2.29 bits per heavy atom. The second-order valence-corrected chi connectivity index (χ2v) is 9.15. The number of benzene rings is 2. The van der Waals surface area contributed by atoms with Crippen molar-refractivity contribution in [2.75, 3.05) is 26.3 Å². The fraction of sp³-hybridized carbons (Fsp3) is 0.385. The van der Waals surface area contributed by atoms with Gasteiger partial charge in [-0.2, -0.15) is 0 Å². The molecule has 9 heteroatoms. The minimum absolute atomic E-state index is 0.0114. The molecule has 3 atom stereocenters. The Bertz CT molecular complexity index is 1180. The van der Waals surface area contributed by atoms with E-state index in [0.717, 1.165) is 11.1 Å². The molecule has 35 heavy (non-hydrogen) atoms. The van der Waals surface area contributed by atoms with Crippen molar-refractivity contribution in [3.8, 4) is 5.75 Å². The van der Waals surface area contributed by atoms with E-state index >= 15 is 0 Å². The molecule has 2 aromatic carbocycles. The summed E-state index contributed by atoms with van der Waals surface area (Å²) in [5.74, 6) is -1.84. The quantitative estimate of drug-likeness (QED) is 0.578. The molecule has 0 aromatic heterocycles. The fourth-order valence-corrected chi connectivity index (χ4v) is 5.40. The van der Waals surface area contributed by atoms with Crippen LogP contribution >= 0.6 is 0 Å². The van der Waals surface area contributed by atoms with Crippen LogP contribution in [-0.4, -0.2) is 64.8 Å². The fourth-order valence-electron chi connectivity index (χ4n) is 5.40. The summed E-state index contributed by atoms with van der Waals surface area (Å²) >= 11 is 0. The lowest BCUT2D eigenvalue weighted by molar-refractivity contribution is -0.149. The number of hydrogen-bond donors (Lipinski definition) is 2. The van der Waals surface area contributed by atoms with Crippen LogP contribution in [0.3, 0.4) is 0 Å². The lowest BCUT2D eigenvalue weighted by Gasteiger charge is -2.44. The van der Waals surface area contributed by atoms with Crippen LogP contribution in [0.1, 0.15) is 50.7 Å². The molecular formula is C26H27N3O6. The van der Waals surface area contributed by atoms with Crippen LogP contribution in [0.4, 0.5) is 0 Å². The maximum absolute atomic E-state index is 13.6. The molecule has 0 bridgehead atoms. The summed E-state index contributed by atoms with van der Waals surface area (Å²) < 4.78 is 5.73. The van der Waals surface area contributed by atoms with Gasteiger partial charge in [0.15, 0.2) is 0 Å². The number of aliphatic hydroxyl groups excluding tert-OH is 1. The van der Waals surface area contributed by atoms with Crippen molar-refractivity contribution in [2.45, 2.75) is 25.3 Å². The van der Waals surface area contributed by atoms with E-state index in [1.807, 2.05) is 6.07 Å². The Balaban J connectivity index is 1.50. The Morgan fingerprint density at radius 1 is 1.00 bits per heavy atom. The summed E-state index contributed by atoms with van der Waals surface area (Å²) in [6.45, 7) is 0.330. The van der Waals surface area contributed by atoms with Crippen molar-refractivity contribution >= 4 is 23.6 Å². The highest BCUT2D eigenvalue weighted by molar-refractivity contribution is 6.21. The Kier molecular flexibility index (Phi) is 6.02. The van der Waals surface area contributed by atoms with E-state index in [1.165, 1.54) is 4.90 Å². The third-order valence-electron chi connectivity index (χ3n) is 7.33. The molecule has 3 aliphatic rings. The smallest absolute Gasteiger partial charge is 0.261 e. The summed E-state index contributed by atoms with van der Waals surface area (Å²) in [7, 11) is 0. The third kappa shape index (κ3) is 3.85. The zero-order chi connectivity index (χ0) is 24.7. The minimum atomic E-state index is -0.597. The molecule has 0 saturated heterocycles. The minimum Gasteiger partial charge on any atom is -0.491 e. The Morgan fingerprint density at radius 2 is 1.69 bits per heavy atom. The van der Waals surface area contributed by atoms with E-state index < -0.39 is 35.6 Å². The lowest BCUT2D eigenvalue weighted by Crippen LogP contribution is -2.52. The molecule has 2 aliphatic heterocycles. The maximum atomic E-state index is 13.6. The predicted octanol–water partition coefficient (Wildman–Crippen LogP) is 1.29. The number of hydrogen-bond acceptors (Lipinski definition) is 6. The number of fused-ring (bicyclic) bond motifs is 2. The van der Waals surface area contributed by atoms with E-state index in [-0.39, 0.29) is 25.7 Å². The average molecular weight is 478 g/mol. The number of primary amides is 1. The van der Waals surface area contributed by atoms with Gasteiger partial charge in [-0.3, -0.25) is 24.1 Å². The van der Waals surface area contributed by atoms with Crippen LogP contribution in [0.15, 0.2) is 42.5 Å². The molecular weight excluding hydrogens is 450 g/mol. The number of rotatable bonds is 7. The standard InChI is InChI=1S/C26H27N3O6/c27-23(31)17-8-9-20(17)24(32)28-11-10-16-15(6-3-7-22(16)35-13-12-30)21(28)14-29-25(33)18-4-1-2-5-19(18)26(29)34/h1-7,17,20-21,30H,8-14H2,(H2,27,31)/t17-,20+,21+/m0/s1. The number of aliphatic hydroxyl groups is 1. The zero-order valence-corrected chi connectivity index (χ0v) is 19.2. The van der Waals surface area contributed by atoms with E-state index in [4.69, 9.17) is 10.5 Å². The van der Waals surface area contributed by atoms with E-state index in [2.05, 4.69) is 0 Å². The Labute approximate surface area is 202 Å². The van der Waals surface area contributed by atoms with Crippen molar-refractivity contribution in [3.05, 3.63) is 64.7 Å². The SMILES string of the molecule is NC(=O)[C@H]1CC[C@H]1C(=O)N1CCc2c(OCCO)cccc2[C@H]1CN1C(=O)c2ccccc2C1=O. The number of nitrogens with two attached hydrogens (primary N) is 1. The van der Waals surface area contributed by atoms with Crippen molar-refractivity contribution in [1.29, 1.82) is 0 Å². The number of ether oxygens (including phenoxy) is 1. The first-order valence-electron chi connectivity index (χ1n) is 11.8. The highest BCUT2D eigenvalue weighted by atomic mass is 16.5. The third-order valence-corrected chi connectivity index (χ3v) is 7.33. The molecule has 1 saturated carbocycles. The maximum Gasteiger partial charge on any atom is 0.261 e. The second-order valence-electron chi connectivity index (χ2n) is 9.15. The predicted molar refractivity (Wildman–Crippen MR) is 124 cm³/mol. The topological polar surface area (TPSA) is 130 Å². The van der Waals surface area contributed by atoms with E-state index in [9.17, 15) is 24.3 Å². The van der Waals surface area contributed by atoms with E-state index in [0.29, 0.717) is 42.7 Å². The van der Waals surface area contributed by atoms with Crippen molar-refractivity contribution < 1.29 is 29.0 Å². The summed E-state index contributed by atoms with van der Waals surface area (Å²) in [5.41, 5.74) is 7.86. The Hall–Kier alpha value is -3.72. The number of nitrogens with zero attached hydrogens (tertiary/aromatic N) is 2.